The van der Waals surface area contributed by atoms with Gasteiger partial charge in [-0.15, -0.1) is 0 Å². The van der Waals surface area contributed by atoms with E-state index < -0.39 is 5.97 Å². The number of esters is 1. The number of benzene rings is 1. The molecule has 3 N–H and O–H groups in total. The van der Waals surface area contributed by atoms with Crippen molar-refractivity contribution < 1.29 is 14.6 Å². The number of nitrogens with zero attached hydrogens (tertiary/aromatic N) is 1. The van der Waals surface area contributed by atoms with Gasteiger partial charge in [0.1, 0.15) is 0 Å². The largest absolute Gasteiger partial charge is 0.465 e. The Kier molecular flexibility index (Phi) is 4.97. The zero-order chi connectivity index (χ0) is 13.7. The Morgan fingerprint density at radius 2 is 2.17 bits per heavy atom. The maximum Gasteiger partial charge on any atom is 0.340 e. The lowest BCUT2D eigenvalue weighted by atomic mass is 10.1. The summed E-state index contributed by atoms with van der Waals surface area (Å²) in [7, 11) is 1.32. The van der Waals surface area contributed by atoms with Gasteiger partial charge in [-0.3, -0.25) is 0 Å². The predicted molar refractivity (Wildman–Crippen MR) is 71.8 cm³/mol. The van der Waals surface area contributed by atoms with Crippen LogP contribution in [0.3, 0.4) is 0 Å². The standard InChI is InChI=1S/C13H20N2O3/c1-9(2)15(6-7-16)10-4-5-12(14)11(8-10)13(17)18-3/h4-5,8-9,16H,6-7,14H2,1-3H3. The highest BCUT2D eigenvalue weighted by Gasteiger charge is 2.15. The van der Waals surface area contributed by atoms with E-state index in [1.807, 2.05) is 24.8 Å². The summed E-state index contributed by atoms with van der Waals surface area (Å²) in [6, 6.07) is 5.41. The second-order valence-corrected chi connectivity index (χ2v) is 4.27. The normalized spacial score (nSPS) is 10.5. The first-order valence-electron chi connectivity index (χ1n) is 5.86. The fourth-order valence-electron chi connectivity index (χ4n) is 1.80. The molecule has 0 atom stereocenters. The summed E-state index contributed by atoms with van der Waals surface area (Å²) in [5.41, 5.74) is 7.32. The van der Waals surface area contributed by atoms with Crippen LogP contribution in [-0.2, 0) is 4.74 Å². The quantitative estimate of drug-likeness (QED) is 0.609. The van der Waals surface area contributed by atoms with E-state index >= 15 is 0 Å². The number of hydrogen-bond acceptors (Lipinski definition) is 5. The molecule has 5 nitrogen and oxygen atoms in total. The van der Waals surface area contributed by atoms with Crippen LogP contribution in [0.2, 0.25) is 0 Å². The molecule has 0 unspecified atom stereocenters. The van der Waals surface area contributed by atoms with Gasteiger partial charge in [0.25, 0.3) is 0 Å². The third-order valence-corrected chi connectivity index (χ3v) is 2.74. The summed E-state index contributed by atoms with van der Waals surface area (Å²) < 4.78 is 4.69. The van der Waals surface area contributed by atoms with E-state index in [-0.39, 0.29) is 12.6 Å². The molecular weight excluding hydrogens is 232 g/mol. The van der Waals surface area contributed by atoms with Crippen LogP contribution >= 0.6 is 0 Å². The van der Waals surface area contributed by atoms with Crippen LogP contribution in [0.15, 0.2) is 18.2 Å². The Morgan fingerprint density at radius 1 is 1.50 bits per heavy atom. The fraction of sp³-hybridized carbons (Fsp3) is 0.462. The molecule has 0 aliphatic heterocycles. The molecular formula is C13H20N2O3. The molecule has 0 heterocycles. The molecule has 0 saturated heterocycles. The number of hydrogen-bond donors (Lipinski definition) is 2. The third-order valence-electron chi connectivity index (χ3n) is 2.74. The number of aliphatic hydroxyl groups excluding tert-OH is 1. The number of anilines is 2. The molecule has 0 amide bonds. The molecule has 18 heavy (non-hydrogen) atoms. The lowest BCUT2D eigenvalue weighted by Crippen LogP contribution is -2.33. The number of nitrogens with two attached hydrogens (primary N) is 1. The van der Waals surface area contributed by atoms with Gasteiger partial charge in [0, 0.05) is 24.0 Å². The highest BCUT2D eigenvalue weighted by molar-refractivity contribution is 5.96. The highest BCUT2D eigenvalue weighted by atomic mass is 16.5. The average molecular weight is 252 g/mol. The van der Waals surface area contributed by atoms with Gasteiger partial charge in [0.15, 0.2) is 0 Å². The van der Waals surface area contributed by atoms with Crippen molar-refractivity contribution in [2.75, 3.05) is 30.9 Å². The van der Waals surface area contributed by atoms with Gasteiger partial charge in [0.2, 0.25) is 0 Å². The second-order valence-electron chi connectivity index (χ2n) is 4.27. The van der Waals surface area contributed by atoms with Crippen molar-refractivity contribution in [2.24, 2.45) is 0 Å². The minimum Gasteiger partial charge on any atom is -0.465 e. The second kappa shape index (κ2) is 6.26. The molecule has 0 aromatic heterocycles. The van der Waals surface area contributed by atoms with Crippen LogP contribution in [-0.4, -0.2) is 37.4 Å². The van der Waals surface area contributed by atoms with Gasteiger partial charge in [0.05, 0.1) is 19.3 Å². The van der Waals surface area contributed by atoms with Crippen LogP contribution in [0.4, 0.5) is 11.4 Å². The lowest BCUT2D eigenvalue weighted by Gasteiger charge is -2.28. The van der Waals surface area contributed by atoms with Crippen LogP contribution in [0.1, 0.15) is 24.2 Å². The molecule has 1 aromatic rings. The minimum atomic E-state index is -0.456. The predicted octanol–water partition coefficient (Wildman–Crippen LogP) is 1.26. The van der Waals surface area contributed by atoms with E-state index in [1.54, 1.807) is 12.1 Å². The lowest BCUT2D eigenvalue weighted by molar-refractivity contribution is 0.0602. The number of rotatable bonds is 5. The summed E-state index contributed by atoms with van der Waals surface area (Å²) in [6.45, 7) is 4.59. The molecule has 0 saturated carbocycles. The van der Waals surface area contributed by atoms with Gasteiger partial charge in [-0.05, 0) is 32.0 Å². The number of carbonyl (C=O) groups is 1. The smallest absolute Gasteiger partial charge is 0.340 e. The Hall–Kier alpha value is -1.75. The molecule has 1 rings (SSSR count). The fourth-order valence-corrected chi connectivity index (χ4v) is 1.80. The topological polar surface area (TPSA) is 75.8 Å². The zero-order valence-electron chi connectivity index (χ0n) is 11.0. The van der Waals surface area contributed by atoms with Crippen molar-refractivity contribution in [2.45, 2.75) is 19.9 Å². The van der Waals surface area contributed by atoms with Gasteiger partial charge in [-0.25, -0.2) is 4.79 Å². The average Bonchev–Trinajstić information content (AvgIpc) is 2.35. The van der Waals surface area contributed by atoms with Crippen molar-refractivity contribution in [3.05, 3.63) is 23.8 Å². The van der Waals surface area contributed by atoms with E-state index in [4.69, 9.17) is 10.8 Å². The number of ether oxygens (including phenoxy) is 1. The first-order chi connectivity index (χ1) is 8.51. The van der Waals surface area contributed by atoms with E-state index in [0.29, 0.717) is 17.8 Å². The van der Waals surface area contributed by atoms with Crippen LogP contribution in [0.5, 0.6) is 0 Å². The summed E-state index contributed by atoms with van der Waals surface area (Å²) in [5.74, 6) is -0.456. The first kappa shape index (κ1) is 14.3. The van der Waals surface area contributed by atoms with Crippen LogP contribution in [0, 0.1) is 0 Å². The molecule has 0 radical (unpaired) electrons. The Labute approximate surface area is 107 Å². The number of carbonyl (C=O) groups excluding carboxylic acids is 1. The van der Waals surface area contributed by atoms with Gasteiger partial charge in [-0.1, -0.05) is 0 Å². The van der Waals surface area contributed by atoms with Gasteiger partial charge >= 0.3 is 5.97 Å². The number of nitrogen functional groups attached to an aromatic ring is 1. The van der Waals surface area contributed by atoms with Crippen molar-refractivity contribution in [3.63, 3.8) is 0 Å². The highest BCUT2D eigenvalue weighted by Crippen LogP contribution is 2.23. The molecule has 0 aliphatic rings. The molecule has 0 fully saturated rings. The van der Waals surface area contributed by atoms with Gasteiger partial charge < -0.3 is 20.5 Å². The monoisotopic (exact) mass is 252 g/mol. The molecule has 0 aliphatic carbocycles. The first-order valence-corrected chi connectivity index (χ1v) is 5.86. The minimum absolute atomic E-state index is 0.0517. The maximum absolute atomic E-state index is 11.6. The van der Waals surface area contributed by atoms with Crippen LogP contribution in [0.25, 0.3) is 0 Å². The molecule has 1 aromatic carbocycles. The Morgan fingerprint density at radius 3 is 2.67 bits per heavy atom. The Balaban J connectivity index is 3.13. The summed E-state index contributed by atoms with van der Waals surface area (Å²) in [6.07, 6.45) is 0. The van der Waals surface area contributed by atoms with Crippen molar-refractivity contribution in [3.8, 4) is 0 Å². The number of aliphatic hydroxyl groups is 1. The molecule has 100 valence electrons. The van der Waals surface area contributed by atoms with E-state index in [2.05, 4.69) is 4.74 Å². The van der Waals surface area contributed by atoms with Crippen molar-refractivity contribution in [1.82, 2.24) is 0 Å². The number of methoxy groups -OCH3 is 1. The maximum atomic E-state index is 11.6. The van der Waals surface area contributed by atoms with E-state index in [9.17, 15) is 4.79 Å². The van der Waals surface area contributed by atoms with Crippen molar-refractivity contribution in [1.29, 1.82) is 0 Å². The zero-order valence-corrected chi connectivity index (χ0v) is 11.0. The summed E-state index contributed by atoms with van der Waals surface area (Å²) in [4.78, 5) is 13.6. The van der Waals surface area contributed by atoms with E-state index in [1.165, 1.54) is 7.11 Å². The SMILES string of the molecule is COC(=O)c1cc(N(CCO)C(C)C)ccc1N. The van der Waals surface area contributed by atoms with Gasteiger partial charge in [-0.2, -0.15) is 0 Å². The molecule has 5 heteroatoms. The Bertz CT molecular complexity index is 419. The van der Waals surface area contributed by atoms with Crippen molar-refractivity contribution >= 4 is 17.3 Å². The summed E-state index contributed by atoms with van der Waals surface area (Å²) >= 11 is 0. The third kappa shape index (κ3) is 3.13. The molecule has 0 spiro atoms. The van der Waals surface area contributed by atoms with Crippen LogP contribution < -0.4 is 10.6 Å². The summed E-state index contributed by atoms with van der Waals surface area (Å²) in [5, 5.41) is 9.07. The molecule has 0 bridgehead atoms. The van der Waals surface area contributed by atoms with E-state index in [0.717, 1.165) is 5.69 Å².